The second-order valence-electron chi connectivity index (χ2n) is 4.84. The second-order valence-corrected chi connectivity index (χ2v) is 4.84. The zero-order valence-electron chi connectivity index (χ0n) is 11.1. The van der Waals surface area contributed by atoms with Crippen LogP contribution in [0.1, 0.15) is 42.5 Å². The maximum Gasteiger partial charge on any atom is 0.339 e. The summed E-state index contributed by atoms with van der Waals surface area (Å²) < 4.78 is 4.89. The number of carboxylic acid groups (broad SMARTS) is 1. The standard InChI is InChI=1S/C13H19N3O3/c1-19-11-7-10(13(17)18)12(16-15-11)14-8-9-5-3-2-4-6-9/h7,9H,2-6,8H2,1H3,(H,14,16)(H,17,18). The molecule has 0 spiro atoms. The number of nitrogens with one attached hydrogen (secondary N) is 1. The summed E-state index contributed by atoms with van der Waals surface area (Å²) in [5, 5.41) is 20.0. The van der Waals surface area contributed by atoms with Gasteiger partial charge in [-0.3, -0.25) is 0 Å². The Morgan fingerprint density at radius 1 is 1.42 bits per heavy atom. The Morgan fingerprint density at radius 3 is 2.79 bits per heavy atom. The van der Waals surface area contributed by atoms with Crippen molar-refractivity contribution in [2.75, 3.05) is 19.0 Å². The van der Waals surface area contributed by atoms with E-state index in [1.165, 1.54) is 45.3 Å². The quantitative estimate of drug-likeness (QED) is 0.848. The van der Waals surface area contributed by atoms with Gasteiger partial charge in [-0.1, -0.05) is 19.3 Å². The van der Waals surface area contributed by atoms with E-state index in [-0.39, 0.29) is 11.4 Å². The van der Waals surface area contributed by atoms with Crippen molar-refractivity contribution in [2.45, 2.75) is 32.1 Å². The smallest absolute Gasteiger partial charge is 0.339 e. The van der Waals surface area contributed by atoms with E-state index in [1.807, 2.05) is 0 Å². The van der Waals surface area contributed by atoms with Gasteiger partial charge in [-0.2, -0.15) is 0 Å². The number of hydrogen-bond acceptors (Lipinski definition) is 5. The SMILES string of the molecule is COc1cc(C(=O)O)c(NCC2CCCCC2)nn1. The highest BCUT2D eigenvalue weighted by molar-refractivity contribution is 5.93. The maximum absolute atomic E-state index is 11.2. The molecule has 6 nitrogen and oxygen atoms in total. The second kappa shape index (κ2) is 6.36. The third-order valence-corrected chi connectivity index (χ3v) is 3.49. The molecular weight excluding hydrogens is 246 g/mol. The fourth-order valence-electron chi connectivity index (χ4n) is 2.40. The van der Waals surface area contributed by atoms with Gasteiger partial charge in [0.25, 0.3) is 0 Å². The first-order valence-electron chi connectivity index (χ1n) is 6.59. The van der Waals surface area contributed by atoms with E-state index in [0.29, 0.717) is 11.7 Å². The molecule has 6 heteroatoms. The van der Waals surface area contributed by atoms with Crippen molar-refractivity contribution < 1.29 is 14.6 Å². The van der Waals surface area contributed by atoms with E-state index in [2.05, 4.69) is 15.5 Å². The van der Waals surface area contributed by atoms with Gasteiger partial charge >= 0.3 is 5.97 Å². The first-order valence-corrected chi connectivity index (χ1v) is 6.59. The Balaban J connectivity index is 2.04. The summed E-state index contributed by atoms with van der Waals surface area (Å²) in [5.74, 6) is 0.0955. The Kier molecular flexibility index (Phi) is 4.54. The molecule has 0 saturated heterocycles. The van der Waals surface area contributed by atoms with Gasteiger partial charge in [-0.15, -0.1) is 10.2 Å². The third-order valence-electron chi connectivity index (χ3n) is 3.49. The highest BCUT2D eigenvalue weighted by Crippen LogP contribution is 2.24. The summed E-state index contributed by atoms with van der Waals surface area (Å²) in [4.78, 5) is 11.2. The predicted molar refractivity (Wildman–Crippen MR) is 70.6 cm³/mol. The third kappa shape index (κ3) is 3.56. The summed E-state index contributed by atoms with van der Waals surface area (Å²) >= 11 is 0. The molecule has 1 aromatic rings. The molecule has 104 valence electrons. The van der Waals surface area contributed by atoms with Crippen molar-refractivity contribution in [1.82, 2.24) is 10.2 Å². The Bertz CT molecular complexity index is 445. The monoisotopic (exact) mass is 265 g/mol. The van der Waals surface area contributed by atoms with Crippen LogP contribution in [0.3, 0.4) is 0 Å². The molecule has 2 N–H and O–H groups in total. The van der Waals surface area contributed by atoms with Crippen molar-refractivity contribution in [1.29, 1.82) is 0 Å². The maximum atomic E-state index is 11.2. The van der Waals surface area contributed by atoms with E-state index in [4.69, 9.17) is 9.84 Å². The Labute approximate surface area is 112 Å². The van der Waals surface area contributed by atoms with Crippen molar-refractivity contribution in [2.24, 2.45) is 5.92 Å². The molecule has 1 saturated carbocycles. The molecule has 1 aliphatic rings. The Hall–Kier alpha value is -1.85. The number of aromatic nitrogens is 2. The zero-order valence-corrected chi connectivity index (χ0v) is 11.1. The van der Waals surface area contributed by atoms with Crippen LogP contribution in [0.15, 0.2) is 6.07 Å². The summed E-state index contributed by atoms with van der Waals surface area (Å²) in [5.41, 5.74) is 0.0997. The summed E-state index contributed by atoms with van der Waals surface area (Å²) in [6, 6.07) is 1.39. The number of aromatic carboxylic acids is 1. The van der Waals surface area contributed by atoms with E-state index < -0.39 is 5.97 Å². The topological polar surface area (TPSA) is 84.3 Å². The van der Waals surface area contributed by atoms with Crippen LogP contribution >= 0.6 is 0 Å². The van der Waals surface area contributed by atoms with Crippen molar-refractivity contribution in [3.8, 4) is 5.88 Å². The normalized spacial score (nSPS) is 16.1. The lowest BCUT2D eigenvalue weighted by Gasteiger charge is -2.22. The largest absolute Gasteiger partial charge is 0.480 e. The highest BCUT2D eigenvalue weighted by Gasteiger charge is 2.17. The molecular formula is C13H19N3O3. The van der Waals surface area contributed by atoms with Crippen LogP contribution in [0, 0.1) is 5.92 Å². The molecule has 0 unspecified atom stereocenters. The fourth-order valence-corrected chi connectivity index (χ4v) is 2.40. The molecule has 0 aromatic carbocycles. The Morgan fingerprint density at radius 2 is 2.16 bits per heavy atom. The van der Waals surface area contributed by atoms with Gasteiger partial charge in [-0.05, 0) is 18.8 Å². The predicted octanol–water partition coefficient (Wildman–Crippen LogP) is 2.18. The number of methoxy groups -OCH3 is 1. The lowest BCUT2D eigenvalue weighted by Crippen LogP contribution is -2.19. The van der Waals surface area contributed by atoms with E-state index >= 15 is 0 Å². The molecule has 1 fully saturated rings. The van der Waals surface area contributed by atoms with E-state index in [1.54, 1.807) is 0 Å². The molecule has 0 radical (unpaired) electrons. The molecule has 0 atom stereocenters. The first kappa shape index (κ1) is 13.6. The average molecular weight is 265 g/mol. The molecule has 0 aliphatic heterocycles. The lowest BCUT2D eigenvalue weighted by molar-refractivity contribution is 0.0696. The molecule has 1 aromatic heterocycles. The molecule has 1 heterocycles. The minimum Gasteiger partial charge on any atom is -0.480 e. The van der Waals surface area contributed by atoms with Crippen LogP contribution in [-0.4, -0.2) is 34.9 Å². The summed E-state index contributed by atoms with van der Waals surface area (Å²) in [7, 11) is 1.44. The van der Waals surface area contributed by atoms with Gasteiger partial charge in [0, 0.05) is 12.6 Å². The fraction of sp³-hybridized carbons (Fsp3) is 0.615. The minimum absolute atomic E-state index is 0.0997. The summed E-state index contributed by atoms with van der Waals surface area (Å²) in [6.45, 7) is 0.751. The number of rotatable bonds is 5. The van der Waals surface area contributed by atoms with Gasteiger partial charge in [0.15, 0.2) is 5.82 Å². The van der Waals surface area contributed by atoms with Crippen molar-refractivity contribution in [3.05, 3.63) is 11.6 Å². The van der Waals surface area contributed by atoms with Crippen LogP contribution in [0.4, 0.5) is 5.82 Å². The van der Waals surface area contributed by atoms with Gasteiger partial charge in [0.2, 0.25) is 5.88 Å². The first-order chi connectivity index (χ1) is 9.20. The van der Waals surface area contributed by atoms with E-state index in [9.17, 15) is 4.79 Å². The minimum atomic E-state index is -1.03. The number of nitrogens with zero attached hydrogens (tertiary/aromatic N) is 2. The highest BCUT2D eigenvalue weighted by atomic mass is 16.5. The van der Waals surface area contributed by atoms with Gasteiger partial charge < -0.3 is 15.2 Å². The van der Waals surface area contributed by atoms with Gasteiger partial charge in [0.05, 0.1) is 7.11 Å². The van der Waals surface area contributed by atoms with E-state index in [0.717, 1.165) is 6.54 Å². The molecule has 0 bridgehead atoms. The number of anilines is 1. The van der Waals surface area contributed by atoms with Crippen LogP contribution in [0.2, 0.25) is 0 Å². The van der Waals surface area contributed by atoms with Crippen LogP contribution < -0.4 is 10.1 Å². The molecule has 0 amide bonds. The van der Waals surface area contributed by atoms with Gasteiger partial charge in [-0.25, -0.2) is 4.79 Å². The average Bonchev–Trinajstić information content (AvgIpc) is 2.46. The van der Waals surface area contributed by atoms with Gasteiger partial charge in [0.1, 0.15) is 5.56 Å². The number of hydrogen-bond donors (Lipinski definition) is 2. The molecule has 1 aliphatic carbocycles. The van der Waals surface area contributed by atoms with Crippen LogP contribution in [0.5, 0.6) is 5.88 Å². The molecule has 2 rings (SSSR count). The number of carboxylic acids is 1. The molecule has 19 heavy (non-hydrogen) atoms. The van der Waals surface area contributed by atoms with Crippen LogP contribution in [-0.2, 0) is 0 Å². The van der Waals surface area contributed by atoms with Crippen molar-refractivity contribution in [3.63, 3.8) is 0 Å². The number of carbonyl (C=O) groups is 1. The van der Waals surface area contributed by atoms with Crippen LogP contribution in [0.25, 0.3) is 0 Å². The number of ether oxygens (including phenoxy) is 1. The summed E-state index contributed by atoms with van der Waals surface area (Å²) in [6.07, 6.45) is 6.20. The lowest BCUT2D eigenvalue weighted by atomic mass is 9.89. The zero-order chi connectivity index (χ0) is 13.7. The van der Waals surface area contributed by atoms with Crippen molar-refractivity contribution >= 4 is 11.8 Å².